The van der Waals surface area contributed by atoms with Gasteiger partial charge in [0.1, 0.15) is 0 Å². The molecule has 122 valence electrons. The molecule has 2 atom stereocenters. The van der Waals surface area contributed by atoms with Crippen LogP contribution in [-0.4, -0.2) is 38.3 Å². The van der Waals surface area contributed by atoms with Crippen LogP contribution >= 0.6 is 15.9 Å². The molecule has 0 aromatic heterocycles. The first-order valence-corrected chi connectivity index (χ1v) is 8.96. The number of nitrogens with zero attached hydrogens (tertiary/aromatic N) is 1. The predicted octanol–water partition coefficient (Wildman–Crippen LogP) is 3.12. The maximum atomic E-state index is 6.03. The highest BCUT2D eigenvalue weighted by Crippen LogP contribution is 2.46. The standard InChI is InChI=1S/C17H25BrN2O2/c1-3-12-16(14-7-11(9-19)10-20(14)2)13(18)8-15-17(12)22-6-4-5-21-15/h8,11,14H,3-7,9-10,19H2,1-2H3. The highest BCUT2D eigenvalue weighted by Gasteiger charge is 2.34. The van der Waals surface area contributed by atoms with Gasteiger partial charge in [0, 0.05) is 29.0 Å². The number of likely N-dealkylation sites (tertiary alicyclic amines) is 1. The molecule has 5 heteroatoms. The van der Waals surface area contributed by atoms with E-state index in [1.807, 2.05) is 0 Å². The minimum atomic E-state index is 0.398. The van der Waals surface area contributed by atoms with Gasteiger partial charge in [-0.2, -0.15) is 0 Å². The Balaban J connectivity index is 2.05. The predicted molar refractivity (Wildman–Crippen MR) is 91.7 cm³/mol. The Morgan fingerprint density at radius 3 is 2.82 bits per heavy atom. The summed E-state index contributed by atoms with van der Waals surface area (Å²) in [5.41, 5.74) is 8.52. The van der Waals surface area contributed by atoms with Crippen LogP contribution in [0.3, 0.4) is 0 Å². The third-order valence-electron chi connectivity index (χ3n) is 4.79. The second kappa shape index (κ2) is 6.77. The van der Waals surface area contributed by atoms with E-state index in [4.69, 9.17) is 15.2 Å². The number of benzene rings is 1. The average Bonchev–Trinajstić information content (AvgIpc) is 2.72. The van der Waals surface area contributed by atoms with Crippen molar-refractivity contribution in [1.82, 2.24) is 4.90 Å². The second-order valence-electron chi connectivity index (χ2n) is 6.27. The van der Waals surface area contributed by atoms with Gasteiger partial charge >= 0.3 is 0 Å². The van der Waals surface area contributed by atoms with Gasteiger partial charge in [-0.1, -0.05) is 22.9 Å². The van der Waals surface area contributed by atoms with E-state index in [1.165, 1.54) is 11.1 Å². The topological polar surface area (TPSA) is 47.7 Å². The number of nitrogens with two attached hydrogens (primary N) is 1. The number of hydrogen-bond donors (Lipinski definition) is 1. The minimum Gasteiger partial charge on any atom is -0.490 e. The molecule has 2 unspecified atom stereocenters. The summed E-state index contributed by atoms with van der Waals surface area (Å²) in [4.78, 5) is 2.42. The van der Waals surface area contributed by atoms with Crippen LogP contribution in [0.25, 0.3) is 0 Å². The molecule has 2 heterocycles. The maximum Gasteiger partial charge on any atom is 0.164 e. The first-order chi connectivity index (χ1) is 10.7. The molecule has 1 saturated heterocycles. The van der Waals surface area contributed by atoms with Crippen molar-refractivity contribution in [3.05, 3.63) is 21.7 Å². The van der Waals surface area contributed by atoms with Crippen molar-refractivity contribution in [2.45, 2.75) is 32.2 Å². The molecule has 1 aromatic rings. The van der Waals surface area contributed by atoms with Gasteiger partial charge in [0.25, 0.3) is 0 Å². The fraction of sp³-hybridized carbons (Fsp3) is 0.647. The zero-order chi connectivity index (χ0) is 15.7. The monoisotopic (exact) mass is 368 g/mol. The highest BCUT2D eigenvalue weighted by molar-refractivity contribution is 9.10. The van der Waals surface area contributed by atoms with Crippen molar-refractivity contribution >= 4 is 15.9 Å². The first-order valence-electron chi connectivity index (χ1n) is 8.16. The Morgan fingerprint density at radius 1 is 1.36 bits per heavy atom. The average molecular weight is 369 g/mol. The van der Waals surface area contributed by atoms with Crippen molar-refractivity contribution in [2.75, 3.05) is 33.4 Å². The summed E-state index contributed by atoms with van der Waals surface area (Å²) in [6.45, 7) is 5.46. The Kier molecular flexibility index (Phi) is 4.95. The summed E-state index contributed by atoms with van der Waals surface area (Å²) in [6, 6.07) is 2.48. The van der Waals surface area contributed by atoms with Gasteiger partial charge in [0.15, 0.2) is 11.5 Å². The Labute approximate surface area is 141 Å². The summed E-state index contributed by atoms with van der Waals surface area (Å²) in [6.07, 6.45) is 2.99. The molecule has 4 nitrogen and oxygen atoms in total. The zero-order valence-corrected chi connectivity index (χ0v) is 15.0. The molecule has 2 aliphatic rings. The van der Waals surface area contributed by atoms with Crippen LogP contribution in [0.15, 0.2) is 10.5 Å². The van der Waals surface area contributed by atoms with Crippen LogP contribution in [0, 0.1) is 5.92 Å². The van der Waals surface area contributed by atoms with E-state index in [2.05, 4.69) is 40.9 Å². The summed E-state index contributed by atoms with van der Waals surface area (Å²) in [7, 11) is 2.19. The van der Waals surface area contributed by atoms with Crippen molar-refractivity contribution in [3.63, 3.8) is 0 Å². The first kappa shape index (κ1) is 16.1. The SMILES string of the molecule is CCc1c2c(cc(Br)c1C1CC(CN)CN1C)OCCCO2. The van der Waals surface area contributed by atoms with Gasteiger partial charge in [-0.05, 0) is 44.0 Å². The van der Waals surface area contributed by atoms with E-state index < -0.39 is 0 Å². The van der Waals surface area contributed by atoms with E-state index >= 15 is 0 Å². The maximum absolute atomic E-state index is 6.03. The summed E-state index contributed by atoms with van der Waals surface area (Å²) in [5.74, 6) is 2.39. The van der Waals surface area contributed by atoms with Crippen LogP contribution in [0.1, 0.15) is 36.9 Å². The van der Waals surface area contributed by atoms with Gasteiger partial charge in [0.2, 0.25) is 0 Å². The molecule has 0 spiro atoms. The molecule has 0 radical (unpaired) electrons. The molecule has 1 fully saturated rings. The van der Waals surface area contributed by atoms with Crippen molar-refractivity contribution in [3.8, 4) is 11.5 Å². The molecule has 0 bridgehead atoms. The van der Waals surface area contributed by atoms with Gasteiger partial charge in [-0.25, -0.2) is 0 Å². The molecular weight excluding hydrogens is 344 g/mol. The molecule has 0 amide bonds. The van der Waals surface area contributed by atoms with E-state index in [-0.39, 0.29) is 0 Å². The molecule has 2 N–H and O–H groups in total. The van der Waals surface area contributed by atoms with Crippen LogP contribution in [0.2, 0.25) is 0 Å². The van der Waals surface area contributed by atoms with Crippen LogP contribution in [-0.2, 0) is 6.42 Å². The molecule has 1 aromatic carbocycles. The van der Waals surface area contributed by atoms with Gasteiger partial charge in [-0.3, -0.25) is 4.90 Å². The molecule has 22 heavy (non-hydrogen) atoms. The van der Waals surface area contributed by atoms with Gasteiger partial charge < -0.3 is 15.2 Å². The lowest BCUT2D eigenvalue weighted by atomic mass is 9.93. The quantitative estimate of drug-likeness (QED) is 0.890. The number of ether oxygens (including phenoxy) is 2. The Bertz CT molecular complexity index is 550. The lowest BCUT2D eigenvalue weighted by Gasteiger charge is -2.26. The second-order valence-corrected chi connectivity index (χ2v) is 7.13. The lowest BCUT2D eigenvalue weighted by Crippen LogP contribution is -2.21. The van der Waals surface area contributed by atoms with Gasteiger partial charge in [0.05, 0.1) is 13.2 Å². The molecule has 0 saturated carbocycles. The zero-order valence-electron chi connectivity index (χ0n) is 13.4. The minimum absolute atomic E-state index is 0.398. The molecule has 0 aliphatic carbocycles. The van der Waals surface area contributed by atoms with E-state index in [1.54, 1.807) is 0 Å². The summed E-state index contributed by atoms with van der Waals surface area (Å²) < 4.78 is 13.0. The molecule has 2 aliphatic heterocycles. The normalized spacial score (nSPS) is 25.3. The summed E-state index contributed by atoms with van der Waals surface area (Å²) in [5, 5.41) is 0. The van der Waals surface area contributed by atoms with E-state index in [0.29, 0.717) is 12.0 Å². The van der Waals surface area contributed by atoms with Gasteiger partial charge in [-0.15, -0.1) is 0 Å². The van der Waals surface area contributed by atoms with E-state index in [9.17, 15) is 0 Å². The smallest absolute Gasteiger partial charge is 0.164 e. The fourth-order valence-corrected chi connectivity index (χ4v) is 4.39. The Hall–Kier alpha value is -0.780. The van der Waals surface area contributed by atoms with E-state index in [0.717, 1.165) is 61.5 Å². The molecular formula is C17H25BrN2O2. The third-order valence-corrected chi connectivity index (χ3v) is 5.44. The number of fused-ring (bicyclic) bond motifs is 1. The fourth-order valence-electron chi connectivity index (χ4n) is 3.68. The van der Waals surface area contributed by atoms with Crippen molar-refractivity contribution in [2.24, 2.45) is 11.7 Å². The largest absolute Gasteiger partial charge is 0.490 e. The van der Waals surface area contributed by atoms with Crippen LogP contribution in [0.5, 0.6) is 11.5 Å². The third kappa shape index (κ3) is 2.86. The Morgan fingerprint density at radius 2 is 2.14 bits per heavy atom. The molecule has 3 rings (SSSR count). The highest BCUT2D eigenvalue weighted by atomic mass is 79.9. The number of hydrogen-bond acceptors (Lipinski definition) is 4. The lowest BCUT2D eigenvalue weighted by molar-refractivity contribution is 0.294. The van der Waals surface area contributed by atoms with Crippen molar-refractivity contribution in [1.29, 1.82) is 0 Å². The summed E-state index contributed by atoms with van der Waals surface area (Å²) >= 11 is 3.78. The van der Waals surface area contributed by atoms with Crippen LogP contribution < -0.4 is 15.2 Å². The number of rotatable bonds is 3. The van der Waals surface area contributed by atoms with Crippen molar-refractivity contribution < 1.29 is 9.47 Å². The van der Waals surface area contributed by atoms with Crippen LogP contribution in [0.4, 0.5) is 0 Å². The number of halogens is 1.